The Morgan fingerprint density at radius 1 is 1.54 bits per heavy atom. The van der Waals surface area contributed by atoms with E-state index in [1.807, 2.05) is 0 Å². The lowest BCUT2D eigenvalue weighted by molar-refractivity contribution is 0.162. The van der Waals surface area contributed by atoms with Crippen LogP contribution in [0.25, 0.3) is 0 Å². The second-order valence-corrected chi connectivity index (χ2v) is 5.07. The summed E-state index contributed by atoms with van der Waals surface area (Å²) in [6, 6.07) is 4.19. The summed E-state index contributed by atoms with van der Waals surface area (Å²) in [7, 11) is 0. The zero-order chi connectivity index (χ0) is 9.52. The van der Waals surface area contributed by atoms with Gasteiger partial charge in [0.25, 0.3) is 0 Å². The average Bonchev–Trinajstić information content (AvgIpc) is 2.64. The first-order valence-corrected chi connectivity index (χ1v) is 6.79. The van der Waals surface area contributed by atoms with Gasteiger partial charge < -0.3 is 5.11 Å². The minimum Gasteiger partial charge on any atom is -0.393 e. The van der Waals surface area contributed by atoms with E-state index in [-0.39, 0.29) is 6.10 Å². The van der Waals surface area contributed by atoms with Crippen molar-refractivity contribution in [2.75, 3.05) is 12.0 Å². The fourth-order valence-corrected chi connectivity index (χ4v) is 2.39. The Balaban J connectivity index is 2.11. The van der Waals surface area contributed by atoms with Gasteiger partial charge in [0.05, 0.1) is 6.10 Å². The first kappa shape index (κ1) is 11.1. The molecule has 1 unspecified atom stereocenters. The molecule has 1 nitrogen and oxygen atoms in total. The highest BCUT2D eigenvalue weighted by molar-refractivity contribution is 7.98. The summed E-state index contributed by atoms with van der Waals surface area (Å²) in [5.74, 6) is 1.06. The van der Waals surface area contributed by atoms with E-state index < -0.39 is 0 Å². The number of thiophene rings is 1. The van der Waals surface area contributed by atoms with E-state index >= 15 is 0 Å². The molecule has 1 N–H and O–H groups in total. The third kappa shape index (κ3) is 4.69. The molecule has 0 bridgehead atoms. The van der Waals surface area contributed by atoms with Gasteiger partial charge in [0.1, 0.15) is 0 Å². The third-order valence-corrected chi connectivity index (χ3v) is 3.54. The van der Waals surface area contributed by atoms with Crippen molar-refractivity contribution in [3.8, 4) is 0 Å². The van der Waals surface area contributed by atoms with Crippen LogP contribution < -0.4 is 0 Å². The van der Waals surface area contributed by atoms with Gasteiger partial charge in [-0.15, -0.1) is 11.3 Å². The molecule has 1 aromatic rings. The second kappa shape index (κ2) is 6.46. The molecule has 0 saturated heterocycles. The monoisotopic (exact) mass is 216 g/mol. The molecule has 3 heteroatoms. The van der Waals surface area contributed by atoms with Gasteiger partial charge >= 0.3 is 0 Å². The molecule has 0 spiro atoms. The van der Waals surface area contributed by atoms with Gasteiger partial charge in [-0.2, -0.15) is 11.8 Å². The molecular formula is C10H16OS2. The molecule has 1 aromatic heterocycles. The third-order valence-electron chi connectivity index (χ3n) is 1.96. The van der Waals surface area contributed by atoms with Crippen LogP contribution in [0.15, 0.2) is 17.5 Å². The van der Waals surface area contributed by atoms with E-state index in [9.17, 15) is 5.11 Å². The normalized spacial score (nSPS) is 13.1. The van der Waals surface area contributed by atoms with Crippen LogP contribution >= 0.6 is 23.1 Å². The fraction of sp³-hybridized carbons (Fsp3) is 0.600. The lowest BCUT2D eigenvalue weighted by Gasteiger charge is -2.07. The van der Waals surface area contributed by atoms with Crippen LogP contribution in [0.4, 0.5) is 0 Å². The number of rotatable bonds is 6. The smallest absolute Gasteiger partial charge is 0.0551 e. The first-order chi connectivity index (χ1) is 6.33. The number of hydrogen-bond acceptors (Lipinski definition) is 3. The SMILES string of the molecule is CSCCC(O)CCc1cccs1. The molecule has 0 aliphatic rings. The molecule has 74 valence electrons. The zero-order valence-corrected chi connectivity index (χ0v) is 9.53. The summed E-state index contributed by atoms with van der Waals surface area (Å²) in [6.45, 7) is 0. The lowest BCUT2D eigenvalue weighted by atomic mass is 10.1. The Morgan fingerprint density at radius 2 is 2.38 bits per heavy atom. The van der Waals surface area contributed by atoms with Crippen molar-refractivity contribution in [3.63, 3.8) is 0 Å². The highest BCUT2D eigenvalue weighted by atomic mass is 32.2. The molecule has 0 fully saturated rings. The standard InChI is InChI=1S/C10H16OS2/c1-12-8-6-9(11)4-5-10-3-2-7-13-10/h2-3,7,9,11H,4-6,8H2,1H3. The van der Waals surface area contributed by atoms with E-state index in [4.69, 9.17) is 0 Å². The quantitative estimate of drug-likeness (QED) is 0.789. The minimum atomic E-state index is -0.116. The Kier molecular flexibility index (Phi) is 5.51. The minimum absolute atomic E-state index is 0.116. The molecule has 0 amide bonds. The van der Waals surface area contributed by atoms with Crippen molar-refractivity contribution in [1.82, 2.24) is 0 Å². The summed E-state index contributed by atoms with van der Waals surface area (Å²) in [5.41, 5.74) is 0. The largest absolute Gasteiger partial charge is 0.393 e. The molecule has 1 heterocycles. The van der Waals surface area contributed by atoms with Gasteiger partial charge in [0, 0.05) is 4.88 Å². The number of aliphatic hydroxyl groups is 1. The molecule has 13 heavy (non-hydrogen) atoms. The van der Waals surface area contributed by atoms with Gasteiger partial charge in [-0.25, -0.2) is 0 Å². The lowest BCUT2D eigenvalue weighted by Crippen LogP contribution is -2.08. The van der Waals surface area contributed by atoms with Gasteiger partial charge in [0.2, 0.25) is 0 Å². The van der Waals surface area contributed by atoms with E-state index in [0.29, 0.717) is 0 Å². The Bertz CT molecular complexity index is 209. The number of thioether (sulfide) groups is 1. The predicted molar refractivity (Wildman–Crippen MR) is 61.6 cm³/mol. The van der Waals surface area contributed by atoms with Crippen LogP contribution in [-0.2, 0) is 6.42 Å². The highest BCUT2D eigenvalue weighted by Crippen LogP contribution is 2.13. The van der Waals surface area contributed by atoms with Crippen LogP contribution in [0, 0.1) is 0 Å². The predicted octanol–water partition coefficient (Wildman–Crippen LogP) is 2.79. The highest BCUT2D eigenvalue weighted by Gasteiger charge is 2.04. The van der Waals surface area contributed by atoms with E-state index in [1.165, 1.54) is 4.88 Å². The molecule has 1 rings (SSSR count). The van der Waals surface area contributed by atoms with Crippen molar-refractivity contribution in [2.45, 2.75) is 25.4 Å². The van der Waals surface area contributed by atoms with E-state index in [1.54, 1.807) is 23.1 Å². The molecular weight excluding hydrogens is 200 g/mol. The van der Waals surface area contributed by atoms with Gasteiger partial charge in [0.15, 0.2) is 0 Å². The van der Waals surface area contributed by atoms with Crippen LogP contribution in [0.5, 0.6) is 0 Å². The van der Waals surface area contributed by atoms with Crippen LogP contribution in [0.3, 0.4) is 0 Å². The van der Waals surface area contributed by atoms with Crippen molar-refractivity contribution in [2.24, 2.45) is 0 Å². The molecule has 0 aliphatic heterocycles. The second-order valence-electron chi connectivity index (χ2n) is 3.05. The first-order valence-electron chi connectivity index (χ1n) is 4.52. The van der Waals surface area contributed by atoms with Crippen molar-refractivity contribution < 1.29 is 5.11 Å². The Hall–Kier alpha value is 0.01000. The van der Waals surface area contributed by atoms with Crippen LogP contribution in [0.2, 0.25) is 0 Å². The average molecular weight is 216 g/mol. The molecule has 0 saturated carbocycles. The summed E-state index contributed by atoms with van der Waals surface area (Å²) in [6.07, 6.45) is 4.81. The zero-order valence-electron chi connectivity index (χ0n) is 7.90. The maximum Gasteiger partial charge on any atom is 0.0551 e. The van der Waals surface area contributed by atoms with Crippen molar-refractivity contribution in [3.05, 3.63) is 22.4 Å². The van der Waals surface area contributed by atoms with Gasteiger partial charge in [-0.3, -0.25) is 0 Å². The molecule has 0 aliphatic carbocycles. The molecule has 0 aromatic carbocycles. The number of hydrogen-bond donors (Lipinski definition) is 1. The molecule has 0 radical (unpaired) electrons. The summed E-state index contributed by atoms with van der Waals surface area (Å²) >= 11 is 3.57. The van der Waals surface area contributed by atoms with Crippen molar-refractivity contribution >= 4 is 23.1 Å². The van der Waals surface area contributed by atoms with Crippen LogP contribution in [0.1, 0.15) is 17.7 Å². The topological polar surface area (TPSA) is 20.2 Å². The van der Waals surface area contributed by atoms with Crippen LogP contribution in [-0.4, -0.2) is 23.2 Å². The molecule has 1 atom stereocenters. The van der Waals surface area contributed by atoms with Gasteiger partial charge in [-0.1, -0.05) is 6.07 Å². The Labute approximate surface area is 88.2 Å². The Morgan fingerprint density at radius 3 is 3.00 bits per heavy atom. The van der Waals surface area contributed by atoms with Crippen molar-refractivity contribution in [1.29, 1.82) is 0 Å². The van der Waals surface area contributed by atoms with E-state index in [2.05, 4.69) is 23.8 Å². The summed E-state index contributed by atoms with van der Waals surface area (Å²) < 4.78 is 0. The number of aryl methyl sites for hydroxylation is 1. The number of aliphatic hydroxyl groups excluding tert-OH is 1. The fourth-order valence-electron chi connectivity index (χ4n) is 1.16. The maximum atomic E-state index is 9.57. The maximum absolute atomic E-state index is 9.57. The van der Waals surface area contributed by atoms with Gasteiger partial charge in [-0.05, 0) is 42.7 Å². The summed E-state index contributed by atoms with van der Waals surface area (Å²) in [4.78, 5) is 1.38. The summed E-state index contributed by atoms with van der Waals surface area (Å²) in [5, 5.41) is 11.7. The van der Waals surface area contributed by atoms with E-state index in [0.717, 1.165) is 25.0 Å².